The Labute approximate surface area is 294 Å². The molecule has 262 valence electrons. The fraction of sp³-hybridized carbons (Fsp3) is 0.184. The first kappa shape index (κ1) is 37.2. The molecule has 1 atom stereocenters. The molecule has 0 aromatic heterocycles. The van der Waals surface area contributed by atoms with Gasteiger partial charge in [-0.3, -0.25) is 40.4 Å². The van der Waals surface area contributed by atoms with E-state index in [0.717, 1.165) is 16.7 Å². The predicted molar refractivity (Wildman–Crippen MR) is 188 cm³/mol. The summed E-state index contributed by atoms with van der Waals surface area (Å²) in [5.41, 5.74) is 5.40. The number of carbonyl (C=O) groups excluding carboxylic acids is 7. The lowest BCUT2D eigenvalue weighted by Crippen LogP contribution is -2.64. The van der Waals surface area contributed by atoms with Gasteiger partial charge in [0.25, 0.3) is 5.91 Å². The second kappa shape index (κ2) is 16.7. The number of primary amides is 1. The third-order valence-electron chi connectivity index (χ3n) is 8.48. The molecule has 0 spiro atoms. The smallest absolute Gasteiger partial charge is 0.328 e. The molecule has 7 N–H and O–H groups in total. The van der Waals surface area contributed by atoms with Gasteiger partial charge < -0.3 is 11.1 Å². The van der Waals surface area contributed by atoms with Crippen LogP contribution in [-0.2, 0) is 30.1 Å². The number of benzene rings is 4. The monoisotopic (exact) mass is 690 g/mol. The molecule has 0 bridgehead atoms. The van der Waals surface area contributed by atoms with E-state index in [1.165, 1.54) is 0 Å². The van der Waals surface area contributed by atoms with Crippen LogP contribution in [0.25, 0.3) is 0 Å². The summed E-state index contributed by atoms with van der Waals surface area (Å²) in [7, 11) is 0. The fourth-order valence-corrected chi connectivity index (χ4v) is 5.94. The zero-order chi connectivity index (χ0) is 37.0. The van der Waals surface area contributed by atoms with Crippen LogP contribution >= 0.6 is 0 Å². The van der Waals surface area contributed by atoms with Crippen molar-refractivity contribution >= 4 is 41.7 Å². The zero-order valence-corrected chi connectivity index (χ0v) is 28.0. The van der Waals surface area contributed by atoms with Crippen molar-refractivity contribution < 1.29 is 33.6 Å². The van der Waals surface area contributed by atoms with E-state index >= 15 is 0 Å². The predicted octanol–water partition coefficient (Wildman–Crippen LogP) is 3.85. The van der Waals surface area contributed by atoms with Crippen molar-refractivity contribution in [3.8, 4) is 0 Å². The van der Waals surface area contributed by atoms with E-state index in [1.54, 1.807) is 37.3 Å². The van der Waals surface area contributed by atoms with Crippen molar-refractivity contribution in [2.45, 2.75) is 43.6 Å². The van der Waals surface area contributed by atoms with Crippen molar-refractivity contribution in [1.82, 2.24) is 26.6 Å². The van der Waals surface area contributed by atoms with Gasteiger partial charge in [0.15, 0.2) is 11.0 Å². The highest BCUT2D eigenvalue weighted by Crippen LogP contribution is 2.33. The molecule has 13 nitrogen and oxygen atoms in total. The number of barbiturate groups is 1. The number of rotatable bonds is 7. The van der Waals surface area contributed by atoms with Crippen molar-refractivity contribution in [2.75, 3.05) is 0 Å². The summed E-state index contributed by atoms with van der Waals surface area (Å²) >= 11 is 0. The number of urea groups is 3. The summed E-state index contributed by atoms with van der Waals surface area (Å²) in [5, 5.41) is 11.4. The van der Waals surface area contributed by atoms with Gasteiger partial charge in [0.05, 0.1) is 5.92 Å². The van der Waals surface area contributed by atoms with Crippen molar-refractivity contribution in [3.05, 3.63) is 144 Å². The average molecular weight is 691 g/mol. The van der Waals surface area contributed by atoms with E-state index in [9.17, 15) is 33.6 Å². The van der Waals surface area contributed by atoms with Gasteiger partial charge in [-0.05, 0) is 35.1 Å². The van der Waals surface area contributed by atoms with Gasteiger partial charge in [0.2, 0.25) is 17.7 Å². The molecule has 4 aromatic carbocycles. The highest BCUT2D eigenvalue weighted by molar-refractivity contribution is 6.22. The number of amides is 10. The van der Waals surface area contributed by atoms with E-state index in [1.807, 2.05) is 97.9 Å². The summed E-state index contributed by atoms with van der Waals surface area (Å²) in [4.78, 5) is 81.0. The van der Waals surface area contributed by atoms with Crippen LogP contribution in [0, 0.1) is 0 Å². The maximum atomic E-state index is 12.3. The number of hydrogen-bond acceptors (Lipinski definition) is 7. The number of carbonyl (C=O) groups is 7. The Morgan fingerprint density at radius 2 is 1.02 bits per heavy atom. The Kier molecular flexibility index (Phi) is 12.1. The van der Waals surface area contributed by atoms with Crippen molar-refractivity contribution in [3.63, 3.8) is 0 Å². The second-order valence-corrected chi connectivity index (χ2v) is 11.5. The molecule has 51 heavy (non-hydrogen) atoms. The minimum absolute atomic E-state index is 0.294. The lowest BCUT2D eigenvalue weighted by atomic mass is 9.75. The largest absolute Gasteiger partial charge is 0.351 e. The normalized spacial score (nSPS) is 15.9. The Morgan fingerprint density at radius 1 is 0.608 bits per heavy atom. The maximum Gasteiger partial charge on any atom is 0.328 e. The molecule has 2 saturated heterocycles. The first-order chi connectivity index (χ1) is 24.5. The molecule has 2 aliphatic rings. The highest BCUT2D eigenvalue weighted by atomic mass is 16.2. The van der Waals surface area contributed by atoms with E-state index in [-0.39, 0.29) is 17.7 Å². The minimum atomic E-state index is -1.31. The van der Waals surface area contributed by atoms with Crippen LogP contribution in [0.3, 0.4) is 0 Å². The number of hydrogen-bond donors (Lipinski definition) is 6. The summed E-state index contributed by atoms with van der Waals surface area (Å²) in [6, 6.07) is 34.4. The van der Waals surface area contributed by atoms with Gasteiger partial charge in [-0.15, -0.1) is 0 Å². The van der Waals surface area contributed by atoms with Crippen LogP contribution in [0.4, 0.5) is 14.4 Å². The molecular weight excluding hydrogens is 652 g/mol. The van der Waals surface area contributed by atoms with Crippen LogP contribution in [0.15, 0.2) is 121 Å². The van der Waals surface area contributed by atoms with Crippen molar-refractivity contribution in [1.29, 1.82) is 0 Å². The van der Waals surface area contributed by atoms with Crippen LogP contribution < -0.4 is 32.3 Å². The van der Waals surface area contributed by atoms with Crippen LogP contribution in [0.5, 0.6) is 0 Å². The molecule has 1 unspecified atom stereocenters. The van der Waals surface area contributed by atoms with Crippen LogP contribution in [-0.4, -0.2) is 41.7 Å². The fourth-order valence-electron chi connectivity index (χ4n) is 5.94. The first-order valence-corrected chi connectivity index (χ1v) is 16.1. The summed E-state index contributed by atoms with van der Waals surface area (Å²) in [6.45, 7) is 3.63. The van der Waals surface area contributed by atoms with Gasteiger partial charge in [0, 0.05) is 0 Å². The van der Waals surface area contributed by atoms with E-state index in [2.05, 4.69) is 26.6 Å². The molecule has 0 radical (unpaired) electrons. The Morgan fingerprint density at radius 3 is 1.39 bits per heavy atom. The topological polar surface area (TPSA) is 206 Å². The SMILES string of the molecule is CCC(C(=O)NC(N)=O)c1ccccc1.CCC1(c2ccccc2)C(=O)NC(=O)NC1=O.O=C1NC(=O)C(c2ccccc2)(c2ccccc2)N1. The van der Waals surface area contributed by atoms with Crippen molar-refractivity contribution in [2.24, 2.45) is 5.73 Å². The lowest BCUT2D eigenvalue weighted by Gasteiger charge is -2.33. The van der Waals surface area contributed by atoms with Gasteiger partial charge in [-0.1, -0.05) is 135 Å². The summed E-state index contributed by atoms with van der Waals surface area (Å²) in [5.74, 6) is -2.16. The molecule has 4 aromatic rings. The summed E-state index contributed by atoms with van der Waals surface area (Å²) in [6.07, 6.45) is 0.922. The van der Waals surface area contributed by atoms with Gasteiger partial charge in [-0.25, -0.2) is 14.4 Å². The van der Waals surface area contributed by atoms with Crippen LogP contribution in [0.1, 0.15) is 54.9 Å². The van der Waals surface area contributed by atoms with Crippen LogP contribution in [0.2, 0.25) is 0 Å². The number of nitrogens with two attached hydrogens (primary N) is 1. The zero-order valence-electron chi connectivity index (χ0n) is 28.0. The number of nitrogens with one attached hydrogen (secondary N) is 5. The Bertz CT molecular complexity index is 1830. The molecule has 0 aliphatic carbocycles. The molecule has 10 amide bonds. The third kappa shape index (κ3) is 8.16. The van der Waals surface area contributed by atoms with E-state index in [4.69, 9.17) is 5.73 Å². The minimum Gasteiger partial charge on any atom is -0.351 e. The van der Waals surface area contributed by atoms with E-state index < -0.39 is 40.9 Å². The molecule has 0 saturated carbocycles. The third-order valence-corrected chi connectivity index (χ3v) is 8.48. The molecule has 2 heterocycles. The Hall–Kier alpha value is -6.63. The molecular formula is C38H38N6O7. The summed E-state index contributed by atoms with van der Waals surface area (Å²) < 4.78 is 0. The second-order valence-electron chi connectivity index (χ2n) is 11.5. The lowest BCUT2D eigenvalue weighted by molar-refractivity contribution is -0.138. The standard InChI is InChI=1S/C15H12N2O2.C12H12N2O3.C11H14N2O2/c18-13-15(17-14(19)16-13,11-7-3-1-4-8-11)12-9-5-2-6-10-12;1-2-12(8-6-4-3-5-7-8)9(15)13-11(17)14-10(12)16;1-2-9(10(14)13-11(12)15)8-6-4-3-5-7-8/h1-10H,(H2,16,17,18,19);3-7H,2H2,1H3,(H2,13,14,15,16,17);3-7,9H,2H2,1H3,(H3,12,13,14,15). The molecule has 2 aliphatic heterocycles. The average Bonchev–Trinajstić information content (AvgIpc) is 3.44. The first-order valence-electron chi connectivity index (χ1n) is 16.1. The number of imide groups is 4. The highest BCUT2D eigenvalue weighted by Gasteiger charge is 2.50. The maximum absolute atomic E-state index is 12.3. The molecule has 6 rings (SSSR count). The molecule has 2 fully saturated rings. The van der Waals surface area contributed by atoms with Gasteiger partial charge in [-0.2, -0.15) is 0 Å². The quantitative estimate of drug-likeness (QED) is 0.125. The van der Waals surface area contributed by atoms with E-state index in [0.29, 0.717) is 18.4 Å². The van der Waals surface area contributed by atoms with Gasteiger partial charge in [0.1, 0.15) is 0 Å². The molecule has 13 heteroatoms. The van der Waals surface area contributed by atoms with Gasteiger partial charge >= 0.3 is 18.1 Å². The Balaban J connectivity index is 0.000000173.